The van der Waals surface area contributed by atoms with Gasteiger partial charge < -0.3 is 4.90 Å². The van der Waals surface area contributed by atoms with Crippen molar-refractivity contribution in [2.24, 2.45) is 7.05 Å². The first-order valence-electron chi connectivity index (χ1n) is 7.50. The first-order chi connectivity index (χ1) is 11.2. The fourth-order valence-corrected chi connectivity index (χ4v) is 2.86. The minimum absolute atomic E-state index is 0.119. The van der Waals surface area contributed by atoms with Gasteiger partial charge in [0.15, 0.2) is 0 Å². The maximum atomic E-state index is 12.9. The molecule has 0 radical (unpaired) electrons. The smallest absolute Gasteiger partial charge is 0.322 e. The van der Waals surface area contributed by atoms with E-state index in [0.29, 0.717) is 6.42 Å². The predicted octanol–water partition coefficient (Wildman–Crippen LogP) is 0.246. The quantitative estimate of drug-likeness (QED) is 0.431. The molecule has 1 fully saturated rings. The van der Waals surface area contributed by atoms with Crippen LogP contribution < -0.4 is 0 Å². The summed E-state index contributed by atoms with van der Waals surface area (Å²) in [5, 5.41) is 15.2. The number of imide groups is 1. The fourth-order valence-electron chi connectivity index (χ4n) is 2.86. The molecule has 2 rings (SSSR count). The number of aryl methyl sites for hydroxylation is 2. The van der Waals surface area contributed by atoms with Crippen LogP contribution in [0.1, 0.15) is 35.9 Å². The van der Waals surface area contributed by atoms with Gasteiger partial charge in [0.25, 0.3) is 11.8 Å². The summed E-state index contributed by atoms with van der Waals surface area (Å²) in [7, 11) is 2.79. The van der Waals surface area contributed by atoms with Crippen molar-refractivity contribution in [2.75, 3.05) is 13.6 Å². The molecule has 1 aliphatic rings. The Morgan fingerprint density at radius 3 is 2.50 bits per heavy atom. The third-order valence-corrected chi connectivity index (χ3v) is 4.04. The lowest BCUT2D eigenvalue weighted by atomic mass is 10.1. The Labute approximate surface area is 138 Å². The average molecular weight is 337 g/mol. The van der Waals surface area contributed by atoms with Crippen LogP contribution >= 0.6 is 0 Å². The van der Waals surface area contributed by atoms with Gasteiger partial charge in [-0.25, -0.2) is 0 Å². The summed E-state index contributed by atoms with van der Waals surface area (Å²) >= 11 is 0. The van der Waals surface area contributed by atoms with Crippen LogP contribution in [0.5, 0.6) is 0 Å². The second kappa shape index (κ2) is 6.38. The molecule has 1 aliphatic heterocycles. The molecule has 1 atom stereocenters. The number of amides is 3. The Hall–Kier alpha value is -2.78. The number of carbonyl (C=O) groups is 3. The molecule has 130 valence electrons. The Balaban J connectivity index is 2.47. The molecule has 0 bridgehead atoms. The van der Waals surface area contributed by atoms with Crippen molar-refractivity contribution in [1.29, 1.82) is 0 Å². The van der Waals surface area contributed by atoms with E-state index in [1.807, 2.05) is 6.92 Å². The maximum Gasteiger partial charge on any atom is 0.322 e. The standard InChI is InChI=1S/C14H19N5O5/c1-5-6-18(9-7-10(20)16(3)13(9)21)14(22)12-11(19(23)24)8(2)15-17(12)4/h9H,5-7H2,1-4H3. The van der Waals surface area contributed by atoms with Crippen molar-refractivity contribution >= 4 is 23.4 Å². The molecule has 0 saturated carbocycles. The van der Waals surface area contributed by atoms with Gasteiger partial charge in [-0.3, -0.25) is 34.1 Å². The molecule has 1 unspecified atom stereocenters. The molecule has 2 heterocycles. The minimum Gasteiger partial charge on any atom is -0.325 e. The van der Waals surface area contributed by atoms with Gasteiger partial charge in [-0.15, -0.1) is 0 Å². The summed E-state index contributed by atoms with van der Waals surface area (Å²) in [6.45, 7) is 3.46. The molecule has 10 heteroatoms. The molecule has 1 aromatic rings. The molecule has 24 heavy (non-hydrogen) atoms. The van der Waals surface area contributed by atoms with Gasteiger partial charge in [0.1, 0.15) is 11.7 Å². The minimum atomic E-state index is -0.940. The number of hydrogen-bond donors (Lipinski definition) is 0. The van der Waals surface area contributed by atoms with Crippen molar-refractivity contribution in [2.45, 2.75) is 32.7 Å². The number of carbonyl (C=O) groups excluding carboxylic acids is 3. The van der Waals surface area contributed by atoms with E-state index in [9.17, 15) is 24.5 Å². The van der Waals surface area contributed by atoms with E-state index in [0.717, 1.165) is 9.58 Å². The topological polar surface area (TPSA) is 119 Å². The summed E-state index contributed by atoms with van der Waals surface area (Å²) < 4.78 is 1.14. The molecule has 0 spiro atoms. The zero-order valence-corrected chi connectivity index (χ0v) is 14.0. The predicted molar refractivity (Wildman–Crippen MR) is 82.1 cm³/mol. The Kier molecular flexibility index (Phi) is 4.67. The molecule has 0 N–H and O–H groups in total. The summed E-state index contributed by atoms with van der Waals surface area (Å²) in [6.07, 6.45) is 0.420. The van der Waals surface area contributed by atoms with Crippen LogP contribution in [0.25, 0.3) is 0 Å². The van der Waals surface area contributed by atoms with Crippen molar-refractivity contribution in [3.63, 3.8) is 0 Å². The normalized spacial score (nSPS) is 17.5. The highest BCUT2D eigenvalue weighted by molar-refractivity contribution is 6.08. The Bertz CT molecular complexity index is 725. The van der Waals surface area contributed by atoms with E-state index in [1.54, 1.807) is 0 Å². The van der Waals surface area contributed by atoms with Gasteiger partial charge in [0, 0.05) is 20.6 Å². The number of rotatable bonds is 5. The second-order valence-corrected chi connectivity index (χ2v) is 5.67. The zero-order valence-electron chi connectivity index (χ0n) is 14.0. The number of aromatic nitrogens is 2. The SMILES string of the molecule is CCCN(C(=O)c1c([N+](=O)[O-])c(C)nn1C)C1CC(=O)N(C)C1=O. The van der Waals surface area contributed by atoms with E-state index in [2.05, 4.69) is 5.10 Å². The fraction of sp³-hybridized carbons (Fsp3) is 0.571. The van der Waals surface area contributed by atoms with Gasteiger partial charge in [-0.2, -0.15) is 5.10 Å². The van der Waals surface area contributed by atoms with Gasteiger partial charge in [-0.1, -0.05) is 6.92 Å². The van der Waals surface area contributed by atoms with E-state index >= 15 is 0 Å². The van der Waals surface area contributed by atoms with Crippen LogP contribution in [-0.4, -0.2) is 61.9 Å². The molecule has 1 aromatic heterocycles. The molecular weight excluding hydrogens is 318 g/mol. The van der Waals surface area contributed by atoms with Gasteiger partial charge in [0.2, 0.25) is 11.6 Å². The van der Waals surface area contributed by atoms with E-state index < -0.39 is 22.8 Å². The van der Waals surface area contributed by atoms with E-state index in [1.165, 1.54) is 25.9 Å². The van der Waals surface area contributed by atoms with Crippen molar-refractivity contribution < 1.29 is 19.3 Å². The average Bonchev–Trinajstić information content (AvgIpc) is 2.94. The number of likely N-dealkylation sites (N-methyl/N-ethyl adjacent to an activating group) is 1. The van der Waals surface area contributed by atoms with Crippen molar-refractivity contribution in [1.82, 2.24) is 19.6 Å². The highest BCUT2D eigenvalue weighted by Gasteiger charge is 2.43. The molecule has 1 saturated heterocycles. The Morgan fingerprint density at radius 2 is 2.04 bits per heavy atom. The van der Waals surface area contributed by atoms with Crippen LogP contribution in [0.2, 0.25) is 0 Å². The van der Waals surface area contributed by atoms with Crippen LogP contribution in [0.15, 0.2) is 0 Å². The summed E-state index contributed by atoms with van der Waals surface area (Å²) in [5.74, 6) is -1.54. The monoisotopic (exact) mass is 337 g/mol. The van der Waals surface area contributed by atoms with Crippen LogP contribution in [-0.2, 0) is 16.6 Å². The molecular formula is C14H19N5O5. The zero-order chi connectivity index (χ0) is 18.2. The summed E-state index contributed by atoms with van der Waals surface area (Å²) in [6, 6.07) is -0.940. The van der Waals surface area contributed by atoms with Gasteiger partial charge >= 0.3 is 5.69 Å². The third-order valence-electron chi connectivity index (χ3n) is 4.04. The first kappa shape index (κ1) is 17.6. The van der Waals surface area contributed by atoms with Gasteiger partial charge in [0.05, 0.1) is 11.3 Å². The van der Waals surface area contributed by atoms with Crippen molar-refractivity contribution in [3.8, 4) is 0 Å². The Morgan fingerprint density at radius 1 is 1.42 bits per heavy atom. The highest BCUT2D eigenvalue weighted by Crippen LogP contribution is 2.26. The lowest BCUT2D eigenvalue weighted by Crippen LogP contribution is -2.45. The third kappa shape index (κ3) is 2.74. The summed E-state index contributed by atoms with van der Waals surface area (Å²) in [5.41, 5.74) is -0.456. The molecule has 10 nitrogen and oxygen atoms in total. The van der Waals surface area contributed by atoms with E-state index in [-0.39, 0.29) is 35.9 Å². The highest BCUT2D eigenvalue weighted by atomic mass is 16.6. The number of nitrogens with zero attached hydrogens (tertiary/aromatic N) is 5. The molecule has 0 aromatic carbocycles. The van der Waals surface area contributed by atoms with E-state index in [4.69, 9.17) is 0 Å². The van der Waals surface area contributed by atoms with Crippen LogP contribution in [0.3, 0.4) is 0 Å². The summed E-state index contributed by atoms with van der Waals surface area (Å²) in [4.78, 5) is 49.7. The number of hydrogen-bond acceptors (Lipinski definition) is 6. The first-order valence-corrected chi connectivity index (χ1v) is 7.50. The number of likely N-dealkylation sites (tertiary alicyclic amines) is 1. The van der Waals surface area contributed by atoms with Crippen molar-refractivity contribution in [3.05, 3.63) is 21.5 Å². The second-order valence-electron chi connectivity index (χ2n) is 5.67. The molecule has 0 aliphatic carbocycles. The maximum absolute atomic E-state index is 12.9. The van der Waals surface area contributed by atoms with Gasteiger partial charge in [-0.05, 0) is 13.3 Å². The number of nitro groups is 1. The lowest BCUT2D eigenvalue weighted by Gasteiger charge is -2.26. The van der Waals surface area contributed by atoms with Crippen LogP contribution in [0.4, 0.5) is 5.69 Å². The lowest BCUT2D eigenvalue weighted by molar-refractivity contribution is -0.385. The van der Waals surface area contributed by atoms with Crippen LogP contribution in [0, 0.1) is 17.0 Å². The molecule has 3 amide bonds. The largest absolute Gasteiger partial charge is 0.325 e.